The van der Waals surface area contributed by atoms with E-state index in [1.54, 1.807) is 0 Å². The molecule has 0 radical (unpaired) electrons. The van der Waals surface area contributed by atoms with Gasteiger partial charge in [-0.2, -0.15) is 9.97 Å². The highest BCUT2D eigenvalue weighted by molar-refractivity contribution is 6.30. The number of aromatic nitrogens is 3. The van der Waals surface area contributed by atoms with Crippen LogP contribution in [0.4, 0.5) is 15.0 Å². The summed E-state index contributed by atoms with van der Waals surface area (Å²) in [6.07, 6.45) is 4.55. The van der Waals surface area contributed by atoms with Gasteiger partial charge in [-0.1, -0.05) is 35.9 Å². The van der Waals surface area contributed by atoms with Gasteiger partial charge in [-0.3, -0.25) is 9.80 Å². The minimum atomic E-state index is -0.707. The van der Waals surface area contributed by atoms with Crippen molar-refractivity contribution in [1.29, 1.82) is 0 Å². The second kappa shape index (κ2) is 9.30. The largest absolute Gasteiger partial charge is 0.461 e. The van der Waals surface area contributed by atoms with E-state index in [2.05, 4.69) is 32.9 Å². The van der Waals surface area contributed by atoms with Crippen molar-refractivity contribution in [2.24, 2.45) is 0 Å². The Morgan fingerprint density at radius 2 is 1.79 bits per heavy atom. The Balaban J connectivity index is 1.30. The number of amides is 1. The molecule has 9 nitrogen and oxygen atoms in total. The van der Waals surface area contributed by atoms with Gasteiger partial charge in [-0.15, -0.1) is 0 Å². The number of carbonyl (C=O) groups excluding carboxylic acids is 1. The number of anilines is 1. The first kappa shape index (κ1) is 26.3. The first-order valence-corrected chi connectivity index (χ1v) is 13.8. The summed E-state index contributed by atoms with van der Waals surface area (Å²) in [6, 6.07) is 0.00372. The van der Waals surface area contributed by atoms with Crippen molar-refractivity contribution in [3.8, 4) is 6.01 Å². The number of hydrogen-bond acceptors (Lipinski definition) is 8. The lowest BCUT2D eigenvalue weighted by Crippen LogP contribution is -2.57. The van der Waals surface area contributed by atoms with Gasteiger partial charge >= 0.3 is 12.1 Å². The van der Waals surface area contributed by atoms with Crippen LogP contribution >= 0.6 is 11.6 Å². The third-order valence-electron chi connectivity index (χ3n) is 8.11. The van der Waals surface area contributed by atoms with E-state index in [4.69, 9.17) is 26.1 Å². The first-order chi connectivity index (χ1) is 18.4. The maximum absolute atomic E-state index is 15.2. The zero-order valence-electron chi connectivity index (χ0n) is 22.7. The standard InChI is InChI=1S/C28H34ClFN6O3/c1-16-8-28(9-17(2)12-35(28)11-16)15-38-25-32-22-20(10-31-23(29)21(22)30)24(33-25)34-13-18-6-7-19(14-34)36(18)26(37)39-27(3,4)5/h10,18-19H,1-2,6-9,11-15H2,3-5H3. The van der Waals surface area contributed by atoms with Crippen molar-refractivity contribution in [2.45, 2.75) is 69.7 Å². The molecule has 2 aromatic rings. The molecule has 4 fully saturated rings. The number of pyridine rings is 1. The molecular weight excluding hydrogens is 523 g/mol. The second-order valence-electron chi connectivity index (χ2n) is 12.4. The lowest BCUT2D eigenvalue weighted by Gasteiger charge is -2.42. The monoisotopic (exact) mass is 556 g/mol. The third-order valence-corrected chi connectivity index (χ3v) is 8.38. The maximum Gasteiger partial charge on any atom is 0.410 e. The van der Waals surface area contributed by atoms with Crippen molar-refractivity contribution in [1.82, 2.24) is 24.8 Å². The molecule has 39 heavy (non-hydrogen) atoms. The molecule has 6 rings (SSSR count). The Morgan fingerprint density at radius 1 is 1.15 bits per heavy atom. The molecule has 0 saturated carbocycles. The Bertz CT molecular complexity index is 1340. The minimum absolute atomic E-state index is 0.0421. The number of ether oxygens (including phenoxy) is 2. The van der Waals surface area contributed by atoms with Gasteiger partial charge in [0.2, 0.25) is 0 Å². The third kappa shape index (κ3) is 4.71. The number of fused-ring (bicyclic) bond motifs is 4. The Hall–Kier alpha value is -2.98. The number of halogens is 2. The van der Waals surface area contributed by atoms with E-state index in [0.717, 1.165) is 49.9 Å². The van der Waals surface area contributed by atoms with Crippen LogP contribution in [0.3, 0.4) is 0 Å². The van der Waals surface area contributed by atoms with Gasteiger partial charge in [-0.05, 0) is 46.5 Å². The van der Waals surface area contributed by atoms with Crippen LogP contribution in [-0.4, -0.2) is 86.9 Å². The number of carbonyl (C=O) groups is 1. The maximum atomic E-state index is 15.2. The molecule has 4 aliphatic heterocycles. The fourth-order valence-electron chi connectivity index (χ4n) is 6.65. The zero-order valence-corrected chi connectivity index (χ0v) is 23.4. The summed E-state index contributed by atoms with van der Waals surface area (Å²) < 4.78 is 27.1. The molecular formula is C28H34ClFN6O3. The average Bonchev–Trinajstić information content (AvgIpc) is 3.42. The predicted molar refractivity (Wildman–Crippen MR) is 147 cm³/mol. The van der Waals surface area contributed by atoms with Crippen LogP contribution in [0.25, 0.3) is 10.9 Å². The Labute approximate surface area is 232 Å². The van der Waals surface area contributed by atoms with Gasteiger partial charge in [0.25, 0.3) is 0 Å². The molecule has 0 aromatic carbocycles. The quantitative estimate of drug-likeness (QED) is 0.394. The van der Waals surface area contributed by atoms with Gasteiger partial charge in [0, 0.05) is 32.4 Å². The predicted octanol–water partition coefficient (Wildman–Crippen LogP) is 4.74. The van der Waals surface area contributed by atoms with Crippen LogP contribution in [0.2, 0.25) is 5.15 Å². The van der Waals surface area contributed by atoms with Crippen molar-refractivity contribution in [3.05, 3.63) is 41.5 Å². The molecule has 6 heterocycles. The van der Waals surface area contributed by atoms with E-state index >= 15 is 4.39 Å². The summed E-state index contributed by atoms with van der Waals surface area (Å²) in [7, 11) is 0. The summed E-state index contributed by atoms with van der Waals surface area (Å²) in [4.78, 5) is 32.5. The molecule has 0 N–H and O–H groups in total. The van der Waals surface area contributed by atoms with E-state index in [9.17, 15) is 4.79 Å². The molecule has 11 heteroatoms. The minimum Gasteiger partial charge on any atom is -0.461 e. The molecule has 2 aromatic heterocycles. The molecule has 2 unspecified atom stereocenters. The lowest BCUT2D eigenvalue weighted by molar-refractivity contribution is 0.0122. The van der Waals surface area contributed by atoms with Crippen LogP contribution in [0.1, 0.15) is 46.5 Å². The van der Waals surface area contributed by atoms with Crippen LogP contribution in [-0.2, 0) is 4.74 Å². The summed E-state index contributed by atoms with van der Waals surface area (Å²) in [5.41, 5.74) is 1.58. The molecule has 4 aliphatic rings. The van der Waals surface area contributed by atoms with Crippen molar-refractivity contribution < 1.29 is 18.7 Å². The van der Waals surface area contributed by atoms with E-state index in [1.165, 1.54) is 6.20 Å². The Morgan fingerprint density at radius 3 is 2.41 bits per heavy atom. The smallest absolute Gasteiger partial charge is 0.410 e. The summed E-state index contributed by atoms with van der Waals surface area (Å²) in [6.45, 7) is 17.0. The van der Waals surface area contributed by atoms with Gasteiger partial charge in [0.1, 0.15) is 23.5 Å². The topological polar surface area (TPSA) is 83.9 Å². The van der Waals surface area contributed by atoms with Gasteiger partial charge in [0.15, 0.2) is 11.0 Å². The fraction of sp³-hybridized carbons (Fsp3) is 0.571. The normalized spacial score (nSPS) is 24.5. The number of hydrogen-bond donors (Lipinski definition) is 0. The highest BCUT2D eigenvalue weighted by Crippen LogP contribution is 2.43. The molecule has 2 atom stereocenters. The molecule has 2 bridgehead atoms. The van der Waals surface area contributed by atoms with Crippen molar-refractivity contribution in [3.63, 3.8) is 0 Å². The SMILES string of the molecule is C=C1CN2CC(=C)CC2(COc2nc(N3CC4CCC(C3)N4C(=O)OC(C)(C)C)c3cnc(Cl)c(F)c3n2)C1. The lowest BCUT2D eigenvalue weighted by atomic mass is 9.92. The van der Waals surface area contributed by atoms with Gasteiger partial charge in [0.05, 0.1) is 23.0 Å². The van der Waals surface area contributed by atoms with Crippen LogP contribution in [0, 0.1) is 5.82 Å². The van der Waals surface area contributed by atoms with E-state index < -0.39 is 11.4 Å². The summed E-state index contributed by atoms with van der Waals surface area (Å²) in [5, 5.41) is 0.203. The van der Waals surface area contributed by atoms with Crippen molar-refractivity contribution in [2.75, 3.05) is 37.7 Å². The highest BCUT2D eigenvalue weighted by atomic mass is 35.5. The van der Waals surface area contributed by atoms with E-state index in [1.807, 2.05) is 25.7 Å². The number of piperazine rings is 1. The average molecular weight is 557 g/mol. The van der Waals surface area contributed by atoms with Crippen molar-refractivity contribution >= 4 is 34.4 Å². The van der Waals surface area contributed by atoms with Crippen LogP contribution < -0.4 is 9.64 Å². The number of nitrogens with zero attached hydrogens (tertiary/aromatic N) is 6. The molecule has 4 saturated heterocycles. The molecule has 208 valence electrons. The molecule has 0 spiro atoms. The highest BCUT2D eigenvalue weighted by Gasteiger charge is 2.48. The van der Waals surface area contributed by atoms with Crippen LogP contribution in [0.5, 0.6) is 6.01 Å². The summed E-state index contributed by atoms with van der Waals surface area (Å²) >= 11 is 6.04. The van der Waals surface area contributed by atoms with Gasteiger partial charge in [-0.25, -0.2) is 14.2 Å². The van der Waals surface area contributed by atoms with Crippen LogP contribution in [0.15, 0.2) is 30.5 Å². The Kier molecular flexibility index (Phi) is 6.26. The summed E-state index contributed by atoms with van der Waals surface area (Å²) in [5.74, 6) is -0.180. The zero-order chi connectivity index (χ0) is 27.7. The van der Waals surface area contributed by atoms with E-state index in [-0.39, 0.29) is 40.4 Å². The first-order valence-electron chi connectivity index (χ1n) is 13.4. The number of rotatable bonds is 4. The second-order valence-corrected chi connectivity index (χ2v) is 12.7. The molecule has 1 amide bonds. The van der Waals surface area contributed by atoms with E-state index in [0.29, 0.717) is 30.9 Å². The molecule has 0 aliphatic carbocycles. The fourth-order valence-corrected chi connectivity index (χ4v) is 6.78. The van der Waals surface area contributed by atoms with Gasteiger partial charge < -0.3 is 14.4 Å².